The molecule has 0 fully saturated rings. The van der Waals surface area contributed by atoms with Crippen molar-refractivity contribution >= 4 is 5.97 Å². The van der Waals surface area contributed by atoms with Gasteiger partial charge in [0.1, 0.15) is 17.2 Å². The van der Waals surface area contributed by atoms with Gasteiger partial charge in [-0.15, -0.1) is 0 Å². The number of benzene rings is 2. The molecule has 0 spiro atoms. The number of rotatable bonds is 7. The number of carbonyl (C=O) groups is 1. The zero-order chi connectivity index (χ0) is 19.5. The standard InChI is InChI=1S/C20H21F3O3/c1-13(2)12-19(3,18(24)25)26-17-10-6-15(7-11-17)20(22,23)14-4-8-16(21)9-5-14/h4-11,13H,12H2,1-3H3,(H,24,25)/p-1. The molecule has 2 aromatic rings. The van der Waals surface area contributed by atoms with E-state index in [9.17, 15) is 23.1 Å². The molecule has 0 amide bonds. The van der Waals surface area contributed by atoms with Crippen molar-refractivity contribution in [3.05, 3.63) is 65.5 Å². The lowest BCUT2D eigenvalue weighted by Crippen LogP contribution is -2.51. The molecule has 1 atom stereocenters. The van der Waals surface area contributed by atoms with Crippen LogP contribution in [0.25, 0.3) is 0 Å². The van der Waals surface area contributed by atoms with E-state index in [0.29, 0.717) is 0 Å². The van der Waals surface area contributed by atoms with E-state index in [1.807, 2.05) is 13.8 Å². The Hall–Kier alpha value is -2.50. The summed E-state index contributed by atoms with van der Waals surface area (Å²) in [6.07, 6.45) is 0.211. The van der Waals surface area contributed by atoms with Crippen LogP contribution in [0.15, 0.2) is 48.5 Å². The molecule has 0 bridgehead atoms. The minimum atomic E-state index is -3.32. The molecular formula is C20H20F3O3-. The number of alkyl halides is 2. The molecule has 0 aliphatic heterocycles. The van der Waals surface area contributed by atoms with Crippen LogP contribution in [0.3, 0.4) is 0 Å². The van der Waals surface area contributed by atoms with Crippen LogP contribution in [0.5, 0.6) is 5.75 Å². The highest BCUT2D eigenvalue weighted by Gasteiger charge is 2.34. The predicted octanol–water partition coefficient (Wildman–Crippen LogP) is 3.90. The van der Waals surface area contributed by atoms with Gasteiger partial charge in [-0.2, -0.15) is 8.78 Å². The lowest BCUT2D eigenvalue weighted by molar-refractivity contribution is -0.322. The summed E-state index contributed by atoms with van der Waals surface area (Å²) in [5.41, 5.74) is -2.21. The van der Waals surface area contributed by atoms with E-state index in [0.717, 1.165) is 36.4 Å². The zero-order valence-electron chi connectivity index (χ0n) is 14.8. The summed E-state index contributed by atoms with van der Waals surface area (Å²) >= 11 is 0. The number of carbonyl (C=O) groups excluding carboxylic acids is 1. The van der Waals surface area contributed by atoms with Crippen molar-refractivity contribution in [2.45, 2.75) is 38.7 Å². The molecule has 140 valence electrons. The maximum Gasteiger partial charge on any atom is 0.298 e. The number of carboxylic acids is 1. The molecule has 2 aromatic carbocycles. The van der Waals surface area contributed by atoms with E-state index >= 15 is 0 Å². The Morgan fingerprint density at radius 1 is 1.04 bits per heavy atom. The second kappa shape index (κ2) is 7.40. The number of halogens is 3. The van der Waals surface area contributed by atoms with Crippen molar-refractivity contribution < 1.29 is 27.8 Å². The number of hydrogen-bond donors (Lipinski definition) is 0. The summed E-state index contributed by atoms with van der Waals surface area (Å²) < 4.78 is 47.5. The van der Waals surface area contributed by atoms with Crippen LogP contribution < -0.4 is 9.84 Å². The van der Waals surface area contributed by atoms with Crippen molar-refractivity contribution in [2.75, 3.05) is 0 Å². The van der Waals surface area contributed by atoms with Gasteiger partial charge in [-0.25, -0.2) is 4.39 Å². The van der Waals surface area contributed by atoms with Crippen molar-refractivity contribution in [3.8, 4) is 5.75 Å². The van der Waals surface area contributed by atoms with Crippen molar-refractivity contribution in [3.63, 3.8) is 0 Å². The van der Waals surface area contributed by atoms with Gasteiger partial charge in [-0.1, -0.05) is 13.8 Å². The lowest BCUT2D eigenvalue weighted by atomic mass is 9.94. The second-order valence-corrected chi connectivity index (χ2v) is 6.82. The highest BCUT2D eigenvalue weighted by molar-refractivity contribution is 5.75. The molecule has 0 N–H and O–H groups in total. The summed E-state index contributed by atoms with van der Waals surface area (Å²) in [5.74, 6) is -5.09. The van der Waals surface area contributed by atoms with Gasteiger partial charge in [-0.05, 0) is 67.8 Å². The van der Waals surface area contributed by atoms with Gasteiger partial charge in [0.15, 0.2) is 0 Å². The second-order valence-electron chi connectivity index (χ2n) is 6.82. The Labute approximate surface area is 150 Å². The third kappa shape index (κ3) is 4.36. The van der Waals surface area contributed by atoms with E-state index in [1.54, 1.807) is 0 Å². The van der Waals surface area contributed by atoms with Gasteiger partial charge in [0.2, 0.25) is 0 Å². The number of carboxylic acid groups (broad SMARTS) is 1. The number of aliphatic carboxylic acids is 1. The van der Waals surface area contributed by atoms with Gasteiger partial charge < -0.3 is 14.6 Å². The predicted molar refractivity (Wildman–Crippen MR) is 89.3 cm³/mol. The highest BCUT2D eigenvalue weighted by Crippen LogP contribution is 2.36. The number of ether oxygens (including phenoxy) is 1. The first-order valence-corrected chi connectivity index (χ1v) is 8.19. The van der Waals surface area contributed by atoms with E-state index in [1.165, 1.54) is 19.1 Å². The van der Waals surface area contributed by atoms with Crippen LogP contribution >= 0.6 is 0 Å². The molecule has 0 saturated heterocycles. The molecule has 1 unspecified atom stereocenters. The Balaban J connectivity index is 2.24. The molecule has 0 aromatic heterocycles. The first-order chi connectivity index (χ1) is 12.0. The van der Waals surface area contributed by atoms with Gasteiger partial charge in [0, 0.05) is 11.1 Å². The fraction of sp³-hybridized carbons (Fsp3) is 0.350. The van der Waals surface area contributed by atoms with Crippen LogP contribution in [0.1, 0.15) is 38.3 Å². The minimum Gasteiger partial charge on any atom is -0.546 e. The molecule has 0 radical (unpaired) electrons. The van der Waals surface area contributed by atoms with Crippen LogP contribution in [-0.4, -0.2) is 11.6 Å². The molecule has 0 saturated carbocycles. The van der Waals surface area contributed by atoms with E-state index < -0.39 is 23.3 Å². The third-order valence-corrected chi connectivity index (χ3v) is 4.00. The Morgan fingerprint density at radius 3 is 1.92 bits per heavy atom. The van der Waals surface area contributed by atoms with E-state index in [2.05, 4.69) is 0 Å². The van der Waals surface area contributed by atoms with Crippen LogP contribution in [0.4, 0.5) is 13.2 Å². The van der Waals surface area contributed by atoms with E-state index in [-0.39, 0.29) is 29.2 Å². The maximum atomic E-state index is 14.5. The third-order valence-electron chi connectivity index (χ3n) is 4.00. The Morgan fingerprint density at radius 2 is 1.50 bits per heavy atom. The summed E-state index contributed by atoms with van der Waals surface area (Å²) in [7, 11) is 0. The minimum absolute atomic E-state index is 0.0417. The quantitative estimate of drug-likeness (QED) is 0.748. The van der Waals surface area contributed by atoms with Crippen LogP contribution in [0, 0.1) is 11.7 Å². The van der Waals surface area contributed by atoms with Gasteiger partial charge in [0.25, 0.3) is 5.92 Å². The first-order valence-electron chi connectivity index (χ1n) is 8.19. The smallest absolute Gasteiger partial charge is 0.298 e. The molecular weight excluding hydrogens is 345 g/mol. The molecule has 26 heavy (non-hydrogen) atoms. The van der Waals surface area contributed by atoms with Crippen molar-refractivity contribution in [1.29, 1.82) is 0 Å². The fourth-order valence-electron chi connectivity index (χ4n) is 2.76. The zero-order valence-corrected chi connectivity index (χ0v) is 14.8. The van der Waals surface area contributed by atoms with Crippen molar-refractivity contribution in [1.82, 2.24) is 0 Å². The lowest BCUT2D eigenvalue weighted by Gasteiger charge is -2.33. The highest BCUT2D eigenvalue weighted by atomic mass is 19.3. The van der Waals surface area contributed by atoms with Crippen molar-refractivity contribution in [2.24, 2.45) is 5.92 Å². The summed E-state index contributed by atoms with van der Waals surface area (Å²) in [4.78, 5) is 11.4. The number of hydrogen-bond acceptors (Lipinski definition) is 3. The molecule has 0 aliphatic carbocycles. The summed E-state index contributed by atoms with van der Waals surface area (Å²) in [6.45, 7) is 5.08. The summed E-state index contributed by atoms with van der Waals surface area (Å²) in [5, 5.41) is 11.4. The average Bonchev–Trinajstić information content (AvgIpc) is 2.55. The Kier molecular flexibility index (Phi) is 5.64. The molecule has 2 rings (SSSR count). The monoisotopic (exact) mass is 365 g/mol. The first kappa shape index (κ1) is 19.8. The van der Waals surface area contributed by atoms with Crippen LogP contribution in [0.2, 0.25) is 0 Å². The fourth-order valence-corrected chi connectivity index (χ4v) is 2.76. The van der Waals surface area contributed by atoms with Gasteiger partial charge in [0.05, 0.1) is 5.97 Å². The molecule has 0 aliphatic rings. The largest absolute Gasteiger partial charge is 0.546 e. The van der Waals surface area contributed by atoms with Gasteiger partial charge >= 0.3 is 0 Å². The molecule has 0 heterocycles. The Bertz CT molecular complexity index is 755. The summed E-state index contributed by atoms with van der Waals surface area (Å²) in [6, 6.07) is 8.87. The van der Waals surface area contributed by atoms with Gasteiger partial charge in [-0.3, -0.25) is 0 Å². The van der Waals surface area contributed by atoms with E-state index in [4.69, 9.17) is 4.74 Å². The topological polar surface area (TPSA) is 49.4 Å². The molecule has 3 nitrogen and oxygen atoms in total. The SMILES string of the molecule is CC(C)CC(C)(Oc1ccc(C(F)(F)c2ccc(F)cc2)cc1)C(=O)[O-]. The average molecular weight is 365 g/mol. The maximum absolute atomic E-state index is 14.5. The van der Waals surface area contributed by atoms with Crippen LogP contribution in [-0.2, 0) is 10.7 Å². The molecule has 6 heteroatoms. The normalized spacial score (nSPS) is 14.1.